The highest BCUT2D eigenvalue weighted by Crippen LogP contribution is 2.22. The van der Waals surface area contributed by atoms with Crippen LogP contribution in [0.25, 0.3) is 0 Å². The van der Waals surface area contributed by atoms with Gasteiger partial charge in [-0.05, 0) is 13.8 Å². The predicted molar refractivity (Wildman–Crippen MR) is 66.4 cm³/mol. The Morgan fingerprint density at radius 2 is 2.12 bits per heavy atom. The molecule has 0 aliphatic heterocycles. The number of anilines is 1. The van der Waals surface area contributed by atoms with Crippen molar-refractivity contribution in [1.29, 1.82) is 0 Å². The van der Waals surface area contributed by atoms with E-state index in [0.29, 0.717) is 5.75 Å². The molecule has 5 heteroatoms. The molecular formula is C12H16N4O. The molecule has 2 heterocycles. The smallest absolute Gasteiger partial charge is 0.165 e. The number of hydrogen-bond acceptors (Lipinski definition) is 4. The molecule has 0 saturated heterocycles. The molecule has 0 spiro atoms. The van der Waals surface area contributed by atoms with Crippen molar-refractivity contribution in [1.82, 2.24) is 14.8 Å². The molecule has 0 radical (unpaired) electrons. The van der Waals surface area contributed by atoms with Crippen LogP contribution in [0.2, 0.25) is 0 Å². The maximum Gasteiger partial charge on any atom is 0.165 e. The third-order valence-corrected chi connectivity index (χ3v) is 2.26. The van der Waals surface area contributed by atoms with Gasteiger partial charge in [0.2, 0.25) is 0 Å². The van der Waals surface area contributed by atoms with E-state index in [2.05, 4.69) is 15.4 Å². The van der Waals surface area contributed by atoms with E-state index in [-0.39, 0.29) is 0 Å². The second kappa shape index (κ2) is 5.34. The van der Waals surface area contributed by atoms with Crippen LogP contribution in [0.5, 0.6) is 11.5 Å². The van der Waals surface area contributed by atoms with E-state index in [4.69, 9.17) is 4.74 Å². The first kappa shape index (κ1) is 11.4. The van der Waals surface area contributed by atoms with E-state index in [1.807, 2.05) is 30.8 Å². The molecule has 2 aromatic heterocycles. The predicted octanol–water partition coefficient (Wildman–Crippen LogP) is 2.52. The molecule has 0 aliphatic rings. The Morgan fingerprint density at radius 3 is 2.82 bits per heavy atom. The molecule has 0 fully saturated rings. The molecular weight excluding hydrogens is 216 g/mol. The van der Waals surface area contributed by atoms with Gasteiger partial charge >= 0.3 is 0 Å². The zero-order chi connectivity index (χ0) is 12.1. The SMILES string of the molecule is CCNc1cncc(Oc2cnn(CC)c2)c1. The van der Waals surface area contributed by atoms with E-state index < -0.39 is 0 Å². The highest BCUT2D eigenvalue weighted by atomic mass is 16.5. The number of hydrogen-bond donors (Lipinski definition) is 1. The third-order valence-electron chi connectivity index (χ3n) is 2.26. The van der Waals surface area contributed by atoms with E-state index in [9.17, 15) is 0 Å². The second-order valence-electron chi connectivity index (χ2n) is 3.57. The second-order valence-corrected chi connectivity index (χ2v) is 3.57. The number of nitrogens with zero attached hydrogens (tertiary/aromatic N) is 3. The zero-order valence-electron chi connectivity index (χ0n) is 10.1. The van der Waals surface area contributed by atoms with Gasteiger partial charge in [0.1, 0.15) is 5.75 Å². The van der Waals surface area contributed by atoms with E-state index in [1.165, 1.54) is 0 Å². The number of rotatable bonds is 5. The van der Waals surface area contributed by atoms with Gasteiger partial charge in [-0.3, -0.25) is 9.67 Å². The van der Waals surface area contributed by atoms with E-state index >= 15 is 0 Å². The summed E-state index contributed by atoms with van der Waals surface area (Å²) >= 11 is 0. The molecule has 0 aliphatic carbocycles. The number of aromatic nitrogens is 3. The molecule has 1 N–H and O–H groups in total. The summed E-state index contributed by atoms with van der Waals surface area (Å²) < 4.78 is 7.48. The minimum atomic E-state index is 0.708. The summed E-state index contributed by atoms with van der Waals surface area (Å²) in [4.78, 5) is 4.11. The van der Waals surface area contributed by atoms with Crippen molar-refractivity contribution in [3.05, 3.63) is 30.9 Å². The van der Waals surface area contributed by atoms with Gasteiger partial charge in [-0.2, -0.15) is 5.10 Å². The summed E-state index contributed by atoms with van der Waals surface area (Å²) in [5.41, 5.74) is 0.952. The van der Waals surface area contributed by atoms with Crippen LogP contribution in [0.15, 0.2) is 30.9 Å². The van der Waals surface area contributed by atoms with Gasteiger partial charge < -0.3 is 10.1 Å². The Balaban J connectivity index is 2.09. The summed E-state index contributed by atoms with van der Waals surface area (Å²) in [7, 11) is 0. The van der Waals surface area contributed by atoms with Crippen LogP contribution in [0.4, 0.5) is 5.69 Å². The van der Waals surface area contributed by atoms with E-state index in [1.54, 1.807) is 18.6 Å². The molecule has 0 saturated carbocycles. The Labute approximate surface area is 100 Å². The van der Waals surface area contributed by atoms with Crippen LogP contribution in [-0.4, -0.2) is 21.3 Å². The standard InChI is InChI=1S/C12H16N4O/c1-3-14-10-5-11(7-13-6-10)17-12-8-15-16(4-2)9-12/h5-9,14H,3-4H2,1-2H3. The Hall–Kier alpha value is -2.04. The van der Waals surface area contributed by atoms with Gasteiger partial charge in [0, 0.05) is 19.2 Å². The van der Waals surface area contributed by atoms with Crippen LogP contribution in [0.3, 0.4) is 0 Å². The summed E-state index contributed by atoms with van der Waals surface area (Å²) in [6.45, 7) is 5.76. The van der Waals surface area contributed by atoms with Crippen LogP contribution in [-0.2, 0) is 6.54 Å². The molecule has 0 unspecified atom stereocenters. The molecule has 5 nitrogen and oxygen atoms in total. The monoisotopic (exact) mass is 232 g/mol. The third kappa shape index (κ3) is 2.96. The van der Waals surface area contributed by atoms with Crippen molar-refractivity contribution in [2.45, 2.75) is 20.4 Å². The summed E-state index contributed by atoms with van der Waals surface area (Å²) in [5.74, 6) is 1.43. The van der Waals surface area contributed by atoms with Crippen molar-refractivity contribution < 1.29 is 4.74 Å². The van der Waals surface area contributed by atoms with Gasteiger partial charge in [-0.25, -0.2) is 0 Å². The molecule has 2 rings (SSSR count). The van der Waals surface area contributed by atoms with Crippen LogP contribution < -0.4 is 10.1 Å². The number of ether oxygens (including phenoxy) is 1. The highest BCUT2D eigenvalue weighted by molar-refractivity contribution is 5.45. The maximum atomic E-state index is 5.66. The fraction of sp³-hybridized carbons (Fsp3) is 0.333. The van der Waals surface area contributed by atoms with Crippen molar-refractivity contribution in [3.63, 3.8) is 0 Å². The molecule has 0 atom stereocenters. The number of nitrogens with one attached hydrogen (secondary N) is 1. The van der Waals surface area contributed by atoms with Crippen molar-refractivity contribution in [2.75, 3.05) is 11.9 Å². The lowest BCUT2D eigenvalue weighted by molar-refractivity contribution is 0.479. The van der Waals surface area contributed by atoms with E-state index in [0.717, 1.165) is 24.5 Å². The lowest BCUT2D eigenvalue weighted by atomic mass is 10.4. The van der Waals surface area contributed by atoms with Crippen molar-refractivity contribution in [3.8, 4) is 11.5 Å². The number of aryl methyl sites for hydroxylation is 1. The molecule has 0 bridgehead atoms. The zero-order valence-corrected chi connectivity index (χ0v) is 10.1. The van der Waals surface area contributed by atoms with Gasteiger partial charge in [0.25, 0.3) is 0 Å². The molecule has 2 aromatic rings. The van der Waals surface area contributed by atoms with Crippen LogP contribution >= 0.6 is 0 Å². The minimum absolute atomic E-state index is 0.708. The fourth-order valence-corrected chi connectivity index (χ4v) is 1.48. The van der Waals surface area contributed by atoms with Crippen LogP contribution in [0, 0.1) is 0 Å². The lowest BCUT2D eigenvalue weighted by Crippen LogP contribution is -1.97. The topological polar surface area (TPSA) is 52.0 Å². The fourth-order valence-electron chi connectivity index (χ4n) is 1.48. The maximum absolute atomic E-state index is 5.66. The lowest BCUT2D eigenvalue weighted by Gasteiger charge is -2.05. The number of pyridine rings is 1. The van der Waals surface area contributed by atoms with Crippen molar-refractivity contribution >= 4 is 5.69 Å². The Morgan fingerprint density at radius 1 is 1.24 bits per heavy atom. The van der Waals surface area contributed by atoms with Gasteiger partial charge in [0.15, 0.2) is 5.75 Å². The first-order chi connectivity index (χ1) is 8.31. The summed E-state index contributed by atoms with van der Waals surface area (Å²) in [6, 6.07) is 1.92. The first-order valence-corrected chi connectivity index (χ1v) is 5.71. The Kier molecular flexibility index (Phi) is 3.59. The summed E-state index contributed by atoms with van der Waals surface area (Å²) in [5, 5.41) is 7.33. The Bertz CT molecular complexity index is 481. The first-order valence-electron chi connectivity index (χ1n) is 5.71. The van der Waals surface area contributed by atoms with Gasteiger partial charge in [-0.15, -0.1) is 0 Å². The largest absolute Gasteiger partial charge is 0.452 e. The minimum Gasteiger partial charge on any atom is -0.452 e. The normalized spacial score (nSPS) is 10.2. The average molecular weight is 232 g/mol. The molecule has 0 amide bonds. The molecule has 90 valence electrons. The molecule has 0 aromatic carbocycles. The van der Waals surface area contributed by atoms with Crippen molar-refractivity contribution in [2.24, 2.45) is 0 Å². The van der Waals surface area contributed by atoms with Gasteiger partial charge in [-0.1, -0.05) is 0 Å². The average Bonchev–Trinajstić information content (AvgIpc) is 2.78. The highest BCUT2D eigenvalue weighted by Gasteiger charge is 2.01. The quantitative estimate of drug-likeness (QED) is 0.860. The summed E-state index contributed by atoms with van der Waals surface area (Å²) in [6.07, 6.45) is 7.01. The van der Waals surface area contributed by atoms with Gasteiger partial charge in [0.05, 0.1) is 30.5 Å². The van der Waals surface area contributed by atoms with Crippen LogP contribution in [0.1, 0.15) is 13.8 Å². The molecule has 17 heavy (non-hydrogen) atoms.